The second kappa shape index (κ2) is 19.2. The molecule has 1 amide bonds. The summed E-state index contributed by atoms with van der Waals surface area (Å²) in [5.74, 6) is 0.0382. The van der Waals surface area contributed by atoms with Crippen molar-refractivity contribution in [1.29, 1.82) is 0 Å². The lowest BCUT2D eigenvalue weighted by molar-refractivity contribution is -0.953. The SMILES string of the molecule is CCCCCCCCCCCCCCCCCC/C=C/C1N=CC[N+]1(CC)C(C)NC(C)=O. The van der Waals surface area contributed by atoms with E-state index >= 15 is 0 Å². The highest BCUT2D eigenvalue weighted by Gasteiger charge is 2.41. The minimum Gasteiger partial charge on any atom is -0.307 e. The van der Waals surface area contributed by atoms with Gasteiger partial charge >= 0.3 is 0 Å². The van der Waals surface area contributed by atoms with E-state index in [0.717, 1.165) is 24.0 Å². The summed E-state index contributed by atoms with van der Waals surface area (Å²) in [5.41, 5.74) is 0. The summed E-state index contributed by atoms with van der Waals surface area (Å²) in [7, 11) is 0. The van der Waals surface area contributed by atoms with Gasteiger partial charge in [0.15, 0.2) is 6.17 Å². The fourth-order valence-corrected chi connectivity index (χ4v) is 5.20. The lowest BCUT2D eigenvalue weighted by Crippen LogP contribution is -2.63. The van der Waals surface area contributed by atoms with Crippen LogP contribution in [0.3, 0.4) is 0 Å². The maximum Gasteiger partial charge on any atom is 0.221 e. The van der Waals surface area contributed by atoms with Crippen molar-refractivity contribution in [1.82, 2.24) is 5.32 Å². The van der Waals surface area contributed by atoms with Crippen LogP contribution < -0.4 is 5.32 Å². The molecular formula is C29H56N3O+. The zero-order chi connectivity index (χ0) is 24.2. The van der Waals surface area contributed by atoms with Crippen LogP contribution in [0.4, 0.5) is 0 Å². The van der Waals surface area contributed by atoms with E-state index in [2.05, 4.69) is 38.2 Å². The van der Waals surface area contributed by atoms with Crippen molar-refractivity contribution in [3.8, 4) is 0 Å². The molecule has 0 aliphatic carbocycles. The van der Waals surface area contributed by atoms with Crippen LogP contribution in [0.1, 0.15) is 137 Å². The number of allylic oxidation sites excluding steroid dienone is 1. The van der Waals surface area contributed by atoms with Gasteiger partial charge in [-0.1, -0.05) is 109 Å². The minimum atomic E-state index is 0.0382. The highest BCUT2D eigenvalue weighted by molar-refractivity contribution is 5.73. The topological polar surface area (TPSA) is 41.5 Å². The number of rotatable bonds is 21. The Hall–Kier alpha value is -1.16. The molecular weight excluding hydrogens is 406 g/mol. The Bertz CT molecular complexity index is 545. The van der Waals surface area contributed by atoms with Crippen molar-refractivity contribution in [3.05, 3.63) is 12.2 Å². The Balaban J connectivity index is 2.00. The predicted octanol–water partition coefficient (Wildman–Crippen LogP) is 7.92. The molecule has 1 rings (SSSR count). The van der Waals surface area contributed by atoms with E-state index in [-0.39, 0.29) is 18.2 Å². The molecule has 0 radical (unpaired) electrons. The monoisotopic (exact) mass is 462 g/mol. The van der Waals surface area contributed by atoms with Gasteiger partial charge in [-0.25, -0.2) is 4.99 Å². The third-order valence-electron chi connectivity index (χ3n) is 7.51. The van der Waals surface area contributed by atoms with Crippen LogP contribution in [-0.2, 0) is 4.79 Å². The average molecular weight is 463 g/mol. The Morgan fingerprint density at radius 2 is 1.39 bits per heavy atom. The smallest absolute Gasteiger partial charge is 0.221 e. The highest BCUT2D eigenvalue weighted by Crippen LogP contribution is 2.24. The van der Waals surface area contributed by atoms with E-state index in [4.69, 9.17) is 4.99 Å². The van der Waals surface area contributed by atoms with E-state index in [1.807, 2.05) is 6.21 Å². The van der Waals surface area contributed by atoms with E-state index in [0.29, 0.717) is 0 Å². The normalized spacial score (nSPS) is 21.2. The lowest BCUT2D eigenvalue weighted by Gasteiger charge is -2.41. The van der Waals surface area contributed by atoms with Gasteiger partial charge in [0, 0.05) is 13.8 Å². The summed E-state index contributed by atoms with van der Waals surface area (Å²) < 4.78 is 0.801. The van der Waals surface area contributed by atoms with E-state index in [1.165, 1.54) is 103 Å². The van der Waals surface area contributed by atoms with Crippen molar-refractivity contribution >= 4 is 12.1 Å². The zero-order valence-corrected chi connectivity index (χ0v) is 22.6. The molecule has 4 heteroatoms. The van der Waals surface area contributed by atoms with Crippen molar-refractivity contribution in [2.45, 2.75) is 149 Å². The molecule has 1 aliphatic heterocycles. The van der Waals surface area contributed by atoms with Gasteiger partial charge in [0.05, 0.1) is 12.8 Å². The molecule has 1 heterocycles. The average Bonchev–Trinajstić information content (AvgIpc) is 3.22. The molecule has 0 aromatic carbocycles. The molecule has 0 aromatic rings. The fourth-order valence-electron chi connectivity index (χ4n) is 5.20. The number of likely N-dealkylation sites (N-methyl/N-ethyl adjacent to an activating group) is 1. The van der Waals surface area contributed by atoms with Gasteiger partial charge in [0.25, 0.3) is 0 Å². The van der Waals surface area contributed by atoms with Crippen molar-refractivity contribution in [2.75, 3.05) is 13.1 Å². The van der Waals surface area contributed by atoms with E-state index < -0.39 is 0 Å². The predicted molar refractivity (Wildman–Crippen MR) is 145 cm³/mol. The highest BCUT2D eigenvalue weighted by atomic mass is 16.1. The number of carbonyl (C=O) groups is 1. The first-order valence-corrected chi connectivity index (χ1v) is 14.4. The van der Waals surface area contributed by atoms with Gasteiger partial charge in [0.2, 0.25) is 12.1 Å². The first-order chi connectivity index (χ1) is 16.1. The third kappa shape index (κ3) is 12.8. The number of unbranched alkanes of at least 4 members (excludes halogenated alkanes) is 16. The van der Waals surface area contributed by atoms with Crippen LogP contribution >= 0.6 is 0 Å². The summed E-state index contributed by atoms with van der Waals surface area (Å²) in [4.78, 5) is 16.2. The Morgan fingerprint density at radius 3 is 1.85 bits per heavy atom. The second-order valence-corrected chi connectivity index (χ2v) is 10.2. The number of aliphatic imine (C=N–C) groups is 1. The summed E-state index contributed by atoms with van der Waals surface area (Å²) in [5, 5.41) is 3.09. The molecule has 0 fully saturated rings. The lowest BCUT2D eigenvalue weighted by atomic mass is 10.0. The molecule has 192 valence electrons. The number of nitrogens with one attached hydrogen (secondary N) is 1. The maximum atomic E-state index is 11.5. The van der Waals surface area contributed by atoms with E-state index in [9.17, 15) is 4.79 Å². The summed E-state index contributed by atoms with van der Waals surface area (Å²) in [6, 6.07) is 0. The largest absolute Gasteiger partial charge is 0.307 e. The number of hydrogen-bond donors (Lipinski definition) is 1. The van der Waals surface area contributed by atoms with Gasteiger partial charge in [-0.05, 0) is 25.8 Å². The molecule has 4 nitrogen and oxygen atoms in total. The van der Waals surface area contributed by atoms with Crippen molar-refractivity contribution in [3.63, 3.8) is 0 Å². The fraction of sp³-hybridized carbons (Fsp3) is 0.862. The van der Waals surface area contributed by atoms with Crippen LogP contribution in [-0.4, -0.2) is 42.0 Å². The molecule has 1 N–H and O–H groups in total. The Labute approximate surface area is 206 Å². The van der Waals surface area contributed by atoms with Crippen LogP contribution in [0.5, 0.6) is 0 Å². The third-order valence-corrected chi connectivity index (χ3v) is 7.51. The molecule has 3 atom stereocenters. The summed E-state index contributed by atoms with van der Waals surface area (Å²) in [6.45, 7) is 10.1. The van der Waals surface area contributed by atoms with Gasteiger partial charge in [-0.3, -0.25) is 9.28 Å². The van der Waals surface area contributed by atoms with Gasteiger partial charge in [-0.15, -0.1) is 0 Å². The van der Waals surface area contributed by atoms with Crippen molar-refractivity contribution in [2.24, 2.45) is 4.99 Å². The van der Waals surface area contributed by atoms with Gasteiger partial charge in [0.1, 0.15) is 6.54 Å². The second-order valence-electron chi connectivity index (χ2n) is 10.2. The number of hydrogen-bond acceptors (Lipinski definition) is 2. The summed E-state index contributed by atoms with van der Waals surface area (Å²) in [6.07, 6.45) is 30.6. The molecule has 0 aromatic heterocycles. The summed E-state index contributed by atoms with van der Waals surface area (Å²) >= 11 is 0. The van der Waals surface area contributed by atoms with Gasteiger partial charge < -0.3 is 5.32 Å². The quantitative estimate of drug-likeness (QED) is 0.105. The molecule has 0 saturated heterocycles. The van der Waals surface area contributed by atoms with Crippen LogP contribution in [0.25, 0.3) is 0 Å². The number of nitrogens with zero attached hydrogens (tertiary/aromatic N) is 2. The molecule has 0 saturated carbocycles. The standard InChI is InChI=1S/C29H55N3O/c1-5-7-8-9-10-11-12-13-14-15-16-17-18-19-20-21-22-23-24-29-30-25-26-32(29,6-2)27(3)31-28(4)33/h23-25,27,29H,5-22,26H2,1-4H3/p+1/b24-23+. The van der Waals surface area contributed by atoms with E-state index in [1.54, 1.807) is 6.92 Å². The number of carbonyl (C=O) groups excluding carboxylic acids is 1. The number of amides is 1. The first kappa shape index (κ1) is 29.9. The zero-order valence-electron chi connectivity index (χ0n) is 22.6. The minimum absolute atomic E-state index is 0.0382. The van der Waals surface area contributed by atoms with Crippen LogP contribution in [0.2, 0.25) is 0 Å². The number of quaternary nitrogens is 1. The molecule has 3 unspecified atom stereocenters. The first-order valence-electron chi connectivity index (χ1n) is 14.4. The Morgan fingerprint density at radius 1 is 0.909 bits per heavy atom. The van der Waals surface area contributed by atoms with Crippen LogP contribution in [0, 0.1) is 0 Å². The Kier molecular flexibility index (Phi) is 17.4. The van der Waals surface area contributed by atoms with Crippen molar-refractivity contribution < 1.29 is 9.28 Å². The van der Waals surface area contributed by atoms with Crippen LogP contribution in [0.15, 0.2) is 17.1 Å². The molecule has 33 heavy (non-hydrogen) atoms. The maximum absolute atomic E-state index is 11.5. The molecule has 0 bridgehead atoms. The van der Waals surface area contributed by atoms with Gasteiger partial charge in [-0.2, -0.15) is 0 Å². The molecule has 1 aliphatic rings. The molecule has 0 spiro atoms.